The van der Waals surface area contributed by atoms with Gasteiger partial charge in [0.25, 0.3) is 0 Å². The van der Waals surface area contributed by atoms with Gasteiger partial charge in [-0.1, -0.05) is 26.0 Å². The molecule has 2 aromatic rings. The standard InChI is InChI=1S/C13H14N4O3/c1-8(2)9-3-5-10(6-4-9)20-13-11(17(18)19)12(14)15-7-16-13/h3-8H,1-2H3,(H2,14,15,16). The number of nitrogen functional groups attached to an aromatic ring is 1. The van der Waals surface area contributed by atoms with Gasteiger partial charge in [0, 0.05) is 0 Å². The van der Waals surface area contributed by atoms with Crippen LogP contribution < -0.4 is 10.5 Å². The van der Waals surface area contributed by atoms with Crippen LogP contribution in [0.15, 0.2) is 30.6 Å². The molecule has 0 aliphatic carbocycles. The number of nitrogens with zero attached hydrogens (tertiary/aromatic N) is 3. The van der Waals surface area contributed by atoms with Crippen LogP contribution >= 0.6 is 0 Å². The molecule has 0 saturated heterocycles. The molecule has 1 aromatic carbocycles. The molecule has 1 heterocycles. The van der Waals surface area contributed by atoms with Crippen molar-refractivity contribution in [2.75, 3.05) is 5.73 Å². The summed E-state index contributed by atoms with van der Waals surface area (Å²) >= 11 is 0. The minimum Gasteiger partial charge on any atom is -0.434 e. The highest BCUT2D eigenvalue weighted by molar-refractivity contribution is 5.58. The Morgan fingerprint density at radius 3 is 2.45 bits per heavy atom. The lowest BCUT2D eigenvalue weighted by Gasteiger charge is -2.08. The molecule has 20 heavy (non-hydrogen) atoms. The van der Waals surface area contributed by atoms with Gasteiger partial charge in [-0.05, 0) is 23.6 Å². The van der Waals surface area contributed by atoms with Crippen LogP contribution in [0.25, 0.3) is 0 Å². The molecule has 0 amide bonds. The Morgan fingerprint density at radius 2 is 1.90 bits per heavy atom. The number of aromatic nitrogens is 2. The van der Waals surface area contributed by atoms with Crippen molar-refractivity contribution in [1.82, 2.24) is 9.97 Å². The van der Waals surface area contributed by atoms with Crippen LogP contribution in [-0.2, 0) is 0 Å². The van der Waals surface area contributed by atoms with E-state index in [0.29, 0.717) is 11.7 Å². The van der Waals surface area contributed by atoms with E-state index in [1.54, 1.807) is 12.1 Å². The lowest BCUT2D eigenvalue weighted by molar-refractivity contribution is -0.385. The van der Waals surface area contributed by atoms with Crippen molar-refractivity contribution >= 4 is 11.5 Å². The molecule has 0 unspecified atom stereocenters. The van der Waals surface area contributed by atoms with Gasteiger partial charge in [0.05, 0.1) is 4.92 Å². The van der Waals surface area contributed by atoms with Gasteiger partial charge in [-0.25, -0.2) is 4.98 Å². The highest BCUT2D eigenvalue weighted by atomic mass is 16.6. The zero-order chi connectivity index (χ0) is 14.7. The third-order valence-corrected chi connectivity index (χ3v) is 2.76. The lowest BCUT2D eigenvalue weighted by atomic mass is 10.0. The average Bonchev–Trinajstić information content (AvgIpc) is 2.39. The van der Waals surface area contributed by atoms with Crippen molar-refractivity contribution in [3.63, 3.8) is 0 Å². The predicted octanol–water partition coefficient (Wildman–Crippen LogP) is 2.88. The second-order valence-corrected chi connectivity index (χ2v) is 4.50. The van der Waals surface area contributed by atoms with E-state index in [2.05, 4.69) is 23.8 Å². The summed E-state index contributed by atoms with van der Waals surface area (Å²) in [5.74, 6) is 0.460. The number of ether oxygens (including phenoxy) is 1. The van der Waals surface area contributed by atoms with Gasteiger partial charge >= 0.3 is 11.6 Å². The zero-order valence-electron chi connectivity index (χ0n) is 11.1. The summed E-state index contributed by atoms with van der Waals surface area (Å²) in [6.45, 7) is 4.15. The molecule has 0 saturated carbocycles. The van der Waals surface area contributed by atoms with Crippen molar-refractivity contribution < 1.29 is 9.66 Å². The Kier molecular flexibility index (Phi) is 3.79. The molecule has 0 aliphatic heterocycles. The Morgan fingerprint density at radius 1 is 1.25 bits per heavy atom. The third-order valence-electron chi connectivity index (χ3n) is 2.76. The number of rotatable bonds is 4. The number of anilines is 1. The van der Waals surface area contributed by atoms with Crippen LogP contribution in [0.3, 0.4) is 0 Å². The predicted molar refractivity (Wildman–Crippen MR) is 73.7 cm³/mol. The molecule has 104 valence electrons. The smallest absolute Gasteiger partial charge is 0.372 e. The van der Waals surface area contributed by atoms with E-state index in [4.69, 9.17) is 10.5 Å². The van der Waals surface area contributed by atoms with E-state index in [1.165, 1.54) is 0 Å². The van der Waals surface area contributed by atoms with Gasteiger partial charge in [-0.15, -0.1) is 0 Å². The van der Waals surface area contributed by atoms with E-state index in [9.17, 15) is 10.1 Å². The topological polar surface area (TPSA) is 104 Å². The molecule has 7 heteroatoms. The zero-order valence-corrected chi connectivity index (χ0v) is 11.1. The minimum absolute atomic E-state index is 0.167. The molecular weight excluding hydrogens is 260 g/mol. The summed E-state index contributed by atoms with van der Waals surface area (Å²) in [6, 6.07) is 7.27. The average molecular weight is 274 g/mol. The fourth-order valence-electron chi connectivity index (χ4n) is 1.65. The van der Waals surface area contributed by atoms with Crippen molar-refractivity contribution in [3.8, 4) is 11.6 Å². The van der Waals surface area contributed by atoms with Crippen LogP contribution in [-0.4, -0.2) is 14.9 Å². The first kappa shape index (κ1) is 13.7. The summed E-state index contributed by atoms with van der Waals surface area (Å²) < 4.78 is 5.41. The molecule has 0 bridgehead atoms. The maximum absolute atomic E-state index is 10.9. The van der Waals surface area contributed by atoms with Gasteiger partial charge < -0.3 is 10.5 Å². The Balaban J connectivity index is 2.30. The van der Waals surface area contributed by atoms with Crippen LogP contribution in [0, 0.1) is 10.1 Å². The van der Waals surface area contributed by atoms with E-state index < -0.39 is 10.6 Å². The lowest BCUT2D eigenvalue weighted by Crippen LogP contribution is -2.02. The summed E-state index contributed by atoms with van der Waals surface area (Å²) in [5, 5.41) is 10.9. The molecule has 1 aromatic heterocycles. The van der Waals surface area contributed by atoms with Crippen LogP contribution in [0.1, 0.15) is 25.3 Å². The van der Waals surface area contributed by atoms with Gasteiger partial charge in [0.2, 0.25) is 5.82 Å². The van der Waals surface area contributed by atoms with Crippen LogP contribution in [0.2, 0.25) is 0 Å². The van der Waals surface area contributed by atoms with Crippen LogP contribution in [0.4, 0.5) is 11.5 Å². The fraction of sp³-hybridized carbons (Fsp3) is 0.231. The Hall–Kier alpha value is -2.70. The number of nitrogens with two attached hydrogens (primary N) is 1. The molecule has 7 nitrogen and oxygen atoms in total. The van der Waals surface area contributed by atoms with Crippen molar-refractivity contribution in [3.05, 3.63) is 46.3 Å². The van der Waals surface area contributed by atoms with Crippen molar-refractivity contribution in [1.29, 1.82) is 0 Å². The third kappa shape index (κ3) is 2.82. The largest absolute Gasteiger partial charge is 0.434 e. The number of hydrogen-bond donors (Lipinski definition) is 1. The summed E-state index contributed by atoms with van der Waals surface area (Å²) in [4.78, 5) is 17.6. The van der Waals surface area contributed by atoms with Gasteiger partial charge in [-0.2, -0.15) is 4.98 Å². The molecule has 2 rings (SSSR count). The second-order valence-electron chi connectivity index (χ2n) is 4.50. The number of nitro groups is 1. The molecule has 0 radical (unpaired) electrons. The number of hydrogen-bond acceptors (Lipinski definition) is 6. The molecule has 0 fully saturated rings. The van der Waals surface area contributed by atoms with E-state index in [1.807, 2.05) is 12.1 Å². The normalized spacial score (nSPS) is 10.6. The Bertz CT molecular complexity index is 626. The summed E-state index contributed by atoms with van der Waals surface area (Å²) in [7, 11) is 0. The first-order valence-corrected chi connectivity index (χ1v) is 6.01. The van der Waals surface area contributed by atoms with Crippen molar-refractivity contribution in [2.24, 2.45) is 0 Å². The van der Waals surface area contributed by atoms with Crippen molar-refractivity contribution in [2.45, 2.75) is 19.8 Å². The first-order valence-electron chi connectivity index (χ1n) is 6.01. The minimum atomic E-state index is -0.660. The summed E-state index contributed by atoms with van der Waals surface area (Å²) in [5.41, 5.74) is 6.18. The van der Waals surface area contributed by atoms with E-state index in [-0.39, 0.29) is 11.7 Å². The van der Waals surface area contributed by atoms with Gasteiger partial charge in [0.1, 0.15) is 12.1 Å². The van der Waals surface area contributed by atoms with E-state index in [0.717, 1.165) is 11.9 Å². The maximum Gasteiger partial charge on any atom is 0.372 e. The monoisotopic (exact) mass is 274 g/mol. The molecule has 0 atom stereocenters. The quantitative estimate of drug-likeness (QED) is 0.679. The summed E-state index contributed by atoms with van der Waals surface area (Å²) in [6.07, 6.45) is 1.13. The molecule has 0 aliphatic rings. The number of benzene rings is 1. The first-order chi connectivity index (χ1) is 9.49. The highest BCUT2D eigenvalue weighted by Crippen LogP contribution is 2.32. The highest BCUT2D eigenvalue weighted by Gasteiger charge is 2.22. The molecule has 2 N–H and O–H groups in total. The van der Waals surface area contributed by atoms with Gasteiger partial charge in [-0.3, -0.25) is 10.1 Å². The SMILES string of the molecule is CC(C)c1ccc(Oc2ncnc(N)c2[N+](=O)[O-])cc1. The molecular formula is C13H14N4O3. The van der Waals surface area contributed by atoms with E-state index >= 15 is 0 Å². The second kappa shape index (κ2) is 5.52. The van der Waals surface area contributed by atoms with Gasteiger partial charge in [0.15, 0.2) is 0 Å². The fourth-order valence-corrected chi connectivity index (χ4v) is 1.65. The van der Waals surface area contributed by atoms with Crippen LogP contribution in [0.5, 0.6) is 11.6 Å². The molecule has 0 spiro atoms. The Labute approximate surface area is 115 Å². The maximum atomic E-state index is 10.9.